The third-order valence-corrected chi connectivity index (χ3v) is 3.68. The molecule has 98 valence electrons. The fourth-order valence-electron chi connectivity index (χ4n) is 1.93. The molecule has 1 aromatic carbocycles. The van der Waals surface area contributed by atoms with Gasteiger partial charge in [0.2, 0.25) is 5.91 Å². The number of benzene rings is 1. The average molecular weight is 280 g/mol. The summed E-state index contributed by atoms with van der Waals surface area (Å²) in [6.45, 7) is 0. The van der Waals surface area contributed by atoms with E-state index in [0.717, 1.165) is 21.9 Å². The SMILES string of the molecule is O=C1C=C(c2ccccc2)/C(=C/Sc2ccccn2)N1. The van der Waals surface area contributed by atoms with Crippen molar-refractivity contribution >= 4 is 23.2 Å². The van der Waals surface area contributed by atoms with E-state index in [-0.39, 0.29) is 5.91 Å². The molecule has 0 radical (unpaired) electrons. The number of hydrogen-bond donors (Lipinski definition) is 1. The molecule has 4 heteroatoms. The van der Waals surface area contributed by atoms with E-state index in [4.69, 9.17) is 0 Å². The van der Waals surface area contributed by atoms with Crippen molar-refractivity contribution in [1.29, 1.82) is 0 Å². The normalized spacial score (nSPS) is 16.1. The number of carbonyl (C=O) groups excluding carboxylic acids is 1. The first-order valence-corrected chi connectivity index (χ1v) is 7.07. The van der Waals surface area contributed by atoms with E-state index in [1.54, 1.807) is 12.3 Å². The van der Waals surface area contributed by atoms with Gasteiger partial charge in [0.25, 0.3) is 0 Å². The Morgan fingerprint density at radius 3 is 2.60 bits per heavy atom. The van der Waals surface area contributed by atoms with E-state index in [1.165, 1.54) is 11.8 Å². The van der Waals surface area contributed by atoms with Crippen LogP contribution < -0.4 is 5.32 Å². The van der Waals surface area contributed by atoms with Crippen LogP contribution >= 0.6 is 11.8 Å². The van der Waals surface area contributed by atoms with Gasteiger partial charge in [0.15, 0.2) is 0 Å². The van der Waals surface area contributed by atoms with Crippen LogP contribution in [0.3, 0.4) is 0 Å². The Bertz CT molecular complexity index is 678. The minimum Gasteiger partial charge on any atom is -0.321 e. The number of aromatic nitrogens is 1. The second-order valence-corrected chi connectivity index (χ2v) is 5.12. The molecule has 0 atom stereocenters. The predicted octanol–water partition coefficient (Wildman–Crippen LogP) is 3.23. The number of thioether (sulfide) groups is 1. The van der Waals surface area contributed by atoms with Gasteiger partial charge < -0.3 is 5.32 Å². The summed E-state index contributed by atoms with van der Waals surface area (Å²) in [6, 6.07) is 15.6. The van der Waals surface area contributed by atoms with Gasteiger partial charge in [-0.15, -0.1) is 0 Å². The molecule has 1 N–H and O–H groups in total. The molecular weight excluding hydrogens is 268 g/mol. The monoisotopic (exact) mass is 280 g/mol. The van der Waals surface area contributed by atoms with Crippen molar-refractivity contribution in [1.82, 2.24) is 10.3 Å². The van der Waals surface area contributed by atoms with E-state index >= 15 is 0 Å². The highest BCUT2D eigenvalue weighted by Gasteiger charge is 2.18. The number of carbonyl (C=O) groups is 1. The zero-order valence-electron chi connectivity index (χ0n) is 10.6. The lowest BCUT2D eigenvalue weighted by Crippen LogP contribution is -2.13. The summed E-state index contributed by atoms with van der Waals surface area (Å²) in [5, 5.41) is 5.67. The molecule has 1 aromatic heterocycles. The van der Waals surface area contributed by atoms with Gasteiger partial charge in [-0.3, -0.25) is 4.79 Å². The second-order valence-electron chi connectivity index (χ2n) is 4.23. The van der Waals surface area contributed by atoms with Gasteiger partial charge in [-0.2, -0.15) is 0 Å². The maximum absolute atomic E-state index is 11.6. The number of hydrogen-bond acceptors (Lipinski definition) is 3. The van der Waals surface area contributed by atoms with Crippen LogP contribution in [-0.2, 0) is 4.79 Å². The molecule has 2 heterocycles. The van der Waals surface area contributed by atoms with Gasteiger partial charge in [-0.25, -0.2) is 4.98 Å². The molecule has 0 fully saturated rings. The summed E-state index contributed by atoms with van der Waals surface area (Å²) in [5.74, 6) is -0.0864. The van der Waals surface area contributed by atoms with Gasteiger partial charge in [0.1, 0.15) is 5.03 Å². The van der Waals surface area contributed by atoms with E-state index in [1.807, 2.05) is 53.9 Å². The highest BCUT2D eigenvalue weighted by molar-refractivity contribution is 8.02. The molecule has 1 aliphatic heterocycles. The van der Waals surface area contributed by atoms with Gasteiger partial charge in [-0.1, -0.05) is 48.2 Å². The molecule has 0 saturated carbocycles. The molecule has 0 spiro atoms. The van der Waals surface area contributed by atoms with Crippen LogP contribution in [0.5, 0.6) is 0 Å². The van der Waals surface area contributed by atoms with Crippen molar-refractivity contribution in [2.24, 2.45) is 0 Å². The minimum absolute atomic E-state index is 0.0864. The smallest absolute Gasteiger partial charge is 0.249 e. The Morgan fingerprint density at radius 2 is 1.85 bits per heavy atom. The standard InChI is InChI=1S/C16H12N2OS/c19-15-10-13(12-6-2-1-3-7-12)14(18-15)11-20-16-8-4-5-9-17-16/h1-11H,(H,18,19)/b14-11-. The summed E-state index contributed by atoms with van der Waals surface area (Å²) in [6.07, 6.45) is 3.38. The number of nitrogens with zero attached hydrogens (tertiary/aromatic N) is 1. The van der Waals surface area contributed by atoms with Crippen molar-refractivity contribution in [2.45, 2.75) is 5.03 Å². The van der Waals surface area contributed by atoms with Crippen LogP contribution in [0.4, 0.5) is 0 Å². The van der Waals surface area contributed by atoms with Crippen LogP contribution in [0.1, 0.15) is 5.56 Å². The summed E-state index contributed by atoms with van der Waals surface area (Å²) in [4.78, 5) is 15.8. The average Bonchev–Trinajstić information content (AvgIpc) is 2.88. The van der Waals surface area contributed by atoms with Crippen LogP contribution in [-0.4, -0.2) is 10.9 Å². The zero-order chi connectivity index (χ0) is 13.8. The second kappa shape index (κ2) is 5.75. The Kier molecular flexibility index (Phi) is 3.65. The van der Waals surface area contributed by atoms with Crippen LogP contribution in [0.2, 0.25) is 0 Å². The first-order chi connectivity index (χ1) is 9.83. The lowest BCUT2D eigenvalue weighted by atomic mass is 10.1. The topological polar surface area (TPSA) is 42.0 Å². The fraction of sp³-hybridized carbons (Fsp3) is 0. The van der Waals surface area contributed by atoms with Crippen LogP contribution in [0.15, 0.2) is 76.9 Å². The maximum atomic E-state index is 11.6. The van der Waals surface area contributed by atoms with Crippen molar-refractivity contribution < 1.29 is 4.79 Å². The summed E-state index contributed by atoms with van der Waals surface area (Å²) in [7, 11) is 0. The van der Waals surface area contributed by atoms with Crippen molar-refractivity contribution in [3.05, 3.63) is 77.5 Å². The highest BCUT2D eigenvalue weighted by Crippen LogP contribution is 2.28. The Balaban J connectivity index is 1.86. The number of amides is 1. The third kappa shape index (κ3) is 2.81. The zero-order valence-corrected chi connectivity index (χ0v) is 11.4. The lowest BCUT2D eigenvalue weighted by molar-refractivity contribution is -0.115. The molecular formula is C16H12N2OS. The van der Waals surface area contributed by atoms with Crippen molar-refractivity contribution in [2.75, 3.05) is 0 Å². The first-order valence-electron chi connectivity index (χ1n) is 6.19. The van der Waals surface area contributed by atoms with Crippen LogP contribution in [0, 0.1) is 0 Å². The molecule has 20 heavy (non-hydrogen) atoms. The molecule has 1 amide bonds. The fourth-order valence-corrected chi connectivity index (χ4v) is 2.63. The van der Waals surface area contributed by atoms with E-state index < -0.39 is 0 Å². The van der Waals surface area contributed by atoms with Gasteiger partial charge in [-0.05, 0) is 17.7 Å². The van der Waals surface area contributed by atoms with Crippen LogP contribution in [0.25, 0.3) is 5.57 Å². The molecule has 0 saturated heterocycles. The van der Waals surface area contributed by atoms with Gasteiger partial charge in [0.05, 0.1) is 5.70 Å². The summed E-state index contributed by atoms with van der Waals surface area (Å²) >= 11 is 1.49. The third-order valence-electron chi connectivity index (χ3n) is 2.84. The molecule has 2 aromatic rings. The Labute approximate surface area is 121 Å². The highest BCUT2D eigenvalue weighted by atomic mass is 32.2. The van der Waals surface area contributed by atoms with Gasteiger partial charge >= 0.3 is 0 Å². The minimum atomic E-state index is -0.0864. The molecule has 1 aliphatic rings. The maximum Gasteiger partial charge on any atom is 0.249 e. The molecule has 0 aliphatic carbocycles. The number of allylic oxidation sites excluding steroid dienone is 1. The first kappa shape index (κ1) is 12.7. The number of pyridine rings is 1. The molecule has 0 unspecified atom stereocenters. The molecule has 3 nitrogen and oxygen atoms in total. The molecule has 0 bridgehead atoms. The summed E-state index contributed by atoms with van der Waals surface area (Å²) in [5.41, 5.74) is 2.76. The number of nitrogens with one attached hydrogen (secondary N) is 1. The predicted molar refractivity (Wildman–Crippen MR) is 80.7 cm³/mol. The molecule has 3 rings (SSSR count). The van der Waals surface area contributed by atoms with Gasteiger partial charge in [0, 0.05) is 23.3 Å². The van der Waals surface area contributed by atoms with E-state index in [0.29, 0.717) is 0 Å². The van der Waals surface area contributed by atoms with E-state index in [2.05, 4.69) is 10.3 Å². The lowest BCUT2D eigenvalue weighted by Gasteiger charge is -2.05. The Hall–Kier alpha value is -2.33. The largest absolute Gasteiger partial charge is 0.321 e. The number of rotatable bonds is 3. The van der Waals surface area contributed by atoms with E-state index in [9.17, 15) is 4.79 Å². The van der Waals surface area contributed by atoms with Crippen molar-refractivity contribution in [3.63, 3.8) is 0 Å². The Morgan fingerprint density at radius 1 is 1.05 bits per heavy atom. The summed E-state index contributed by atoms with van der Waals surface area (Å²) < 4.78 is 0. The quantitative estimate of drug-likeness (QED) is 0.878. The van der Waals surface area contributed by atoms with Crippen molar-refractivity contribution in [3.8, 4) is 0 Å².